The maximum Gasteiger partial charge on any atom is 0.271 e. The first-order chi connectivity index (χ1) is 10.5. The average Bonchev–Trinajstić information content (AvgIpc) is 2.94. The maximum absolute atomic E-state index is 10.8. The fourth-order valence-corrected chi connectivity index (χ4v) is 3.11. The van der Waals surface area contributed by atoms with Crippen molar-refractivity contribution in [1.29, 1.82) is 0 Å². The predicted molar refractivity (Wildman–Crippen MR) is 83.4 cm³/mol. The van der Waals surface area contributed by atoms with Gasteiger partial charge in [0.15, 0.2) is 5.82 Å². The second-order valence-electron chi connectivity index (χ2n) is 5.46. The Balaban J connectivity index is 1.81. The van der Waals surface area contributed by atoms with Crippen LogP contribution in [0.3, 0.4) is 0 Å². The number of nitrogens with one attached hydrogen (secondary N) is 1. The number of nitrogens with zero attached hydrogens (tertiary/aromatic N) is 4. The van der Waals surface area contributed by atoms with Gasteiger partial charge in [-0.1, -0.05) is 11.6 Å². The molecule has 116 valence electrons. The Morgan fingerprint density at radius 3 is 2.95 bits per heavy atom. The summed E-state index contributed by atoms with van der Waals surface area (Å²) in [7, 11) is 0. The van der Waals surface area contributed by atoms with Gasteiger partial charge in [-0.3, -0.25) is 15.2 Å². The number of rotatable bonds is 3. The summed E-state index contributed by atoms with van der Waals surface area (Å²) in [6, 6.07) is 4.60. The highest BCUT2D eigenvalue weighted by Crippen LogP contribution is 2.34. The van der Waals surface area contributed by atoms with Crippen LogP contribution >= 0.6 is 11.6 Å². The molecule has 1 aromatic heterocycles. The maximum atomic E-state index is 10.8. The summed E-state index contributed by atoms with van der Waals surface area (Å²) in [5.41, 5.74) is 0.830. The summed E-state index contributed by atoms with van der Waals surface area (Å²) in [6.45, 7) is 3.51. The molecular weight excluding hydrogens is 306 g/mol. The molecule has 0 spiro atoms. The second kappa shape index (κ2) is 5.92. The predicted octanol–water partition coefficient (Wildman–Crippen LogP) is 3.06. The Labute approximate surface area is 132 Å². The van der Waals surface area contributed by atoms with Crippen molar-refractivity contribution in [2.24, 2.45) is 0 Å². The van der Waals surface area contributed by atoms with Gasteiger partial charge in [-0.2, -0.15) is 5.10 Å². The highest BCUT2D eigenvalue weighted by Gasteiger charge is 2.26. The number of hydrogen-bond donors (Lipinski definition) is 1. The summed E-state index contributed by atoms with van der Waals surface area (Å²) in [4.78, 5) is 16.9. The van der Waals surface area contributed by atoms with Gasteiger partial charge < -0.3 is 4.90 Å². The summed E-state index contributed by atoms with van der Waals surface area (Å²) < 4.78 is 0. The molecule has 7 nitrogen and oxygen atoms in total. The first-order valence-corrected chi connectivity index (χ1v) is 7.50. The number of non-ortho nitro benzene ring substituents is 1. The zero-order chi connectivity index (χ0) is 15.7. The molecule has 2 aromatic rings. The van der Waals surface area contributed by atoms with E-state index < -0.39 is 4.92 Å². The number of aromatic amines is 1. The molecular formula is C14H16ClN5O2. The van der Waals surface area contributed by atoms with Crippen molar-refractivity contribution < 1.29 is 4.92 Å². The number of halogens is 1. The monoisotopic (exact) mass is 321 g/mol. The number of hydrogen-bond acceptors (Lipinski definition) is 5. The Morgan fingerprint density at radius 1 is 1.50 bits per heavy atom. The molecule has 22 heavy (non-hydrogen) atoms. The lowest BCUT2D eigenvalue weighted by atomic mass is 9.97. The smallest absolute Gasteiger partial charge is 0.271 e. The van der Waals surface area contributed by atoms with E-state index in [1.165, 1.54) is 12.1 Å². The summed E-state index contributed by atoms with van der Waals surface area (Å²) in [5.74, 6) is 1.87. The summed E-state index contributed by atoms with van der Waals surface area (Å²) in [5, 5.41) is 18.3. The van der Waals surface area contributed by atoms with Crippen molar-refractivity contribution in [3.05, 3.63) is 45.0 Å². The van der Waals surface area contributed by atoms with Crippen LogP contribution in [0, 0.1) is 17.0 Å². The van der Waals surface area contributed by atoms with E-state index in [4.69, 9.17) is 11.6 Å². The molecule has 2 heterocycles. The number of nitro benzene ring substituents is 1. The van der Waals surface area contributed by atoms with Gasteiger partial charge >= 0.3 is 0 Å². The van der Waals surface area contributed by atoms with Gasteiger partial charge in [0, 0.05) is 31.1 Å². The molecule has 1 saturated heterocycles. The van der Waals surface area contributed by atoms with E-state index in [9.17, 15) is 10.1 Å². The van der Waals surface area contributed by atoms with E-state index in [-0.39, 0.29) is 11.6 Å². The third-order valence-corrected chi connectivity index (χ3v) is 4.19. The lowest BCUT2D eigenvalue weighted by molar-refractivity contribution is -0.384. The SMILES string of the molecule is Cc1nc(C2CCCN(c3ccc([N+](=O)[O-])cc3Cl)C2)n[nH]1. The third kappa shape index (κ3) is 2.89. The van der Waals surface area contributed by atoms with E-state index in [1.807, 2.05) is 6.92 Å². The van der Waals surface area contributed by atoms with Gasteiger partial charge in [-0.15, -0.1) is 0 Å². The van der Waals surface area contributed by atoms with Crippen molar-refractivity contribution in [3.63, 3.8) is 0 Å². The molecule has 1 unspecified atom stereocenters. The number of anilines is 1. The van der Waals surface area contributed by atoms with E-state index in [2.05, 4.69) is 20.1 Å². The highest BCUT2D eigenvalue weighted by atomic mass is 35.5. The molecule has 0 amide bonds. The number of nitro groups is 1. The largest absolute Gasteiger partial charge is 0.370 e. The van der Waals surface area contributed by atoms with Gasteiger partial charge in [0.25, 0.3) is 5.69 Å². The van der Waals surface area contributed by atoms with Gasteiger partial charge in [-0.25, -0.2) is 4.98 Å². The number of aromatic nitrogens is 3. The minimum Gasteiger partial charge on any atom is -0.370 e. The second-order valence-corrected chi connectivity index (χ2v) is 5.86. The van der Waals surface area contributed by atoms with E-state index in [0.717, 1.165) is 43.3 Å². The van der Waals surface area contributed by atoms with Crippen molar-refractivity contribution >= 4 is 23.0 Å². The van der Waals surface area contributed by atoms with Crippen molar-refractivity contribution in [2.45, 2.75) is 25.7 Å². The van der Waals surface area contributed by atoms with Crippen LogP contribution in [0.4, 0.5) is 11.4 Å². The lowest BCUT2D eigenvalue weighted by Gasteiger charge is -2.33. The van der Waals surface area contributed by atoms with Crippen LogP contribution in [0.5, 0.6) is 0 Å². The van der Waals surface area contributed by atoms with E-state index in [1.54, 1.807) is 6.07 Å². The van der Waals surface area contributed by atoms with Gasteiger partial charge in [0.05, 0.1) is 15.6 Å². The van der Waals surface area contributed by atoms with Gasteiger partial charge in [0.2, 0.25) is 0 Å². The highest BCUT2D eigenvalue weighted by molar-refractivity contribution is 6.33. The van der Waals surface area contributed by atoms with Crippen LogP contribution in [0.25, 0.3) is 0 Å². The molecule has 0 radical (unpaired) electrons. The van der Waals surface area contributed by atoms with Crippen LogP contribution in [0.2, 0.25) is 5.02 Å². The normalized spacial score (nSPS) is 18.5. The minimum atomic E-state index is -0.439. The van der Waals surface area contributed by atoms with Crippen LogP contribution in [0.15, 0.2) is 18.2 Å². The Kier molecular flexibility index (Phi) is 3.98. The Bertz CT molecular complexity index is 702. The number of H-pyrrole nitrogens is 1. The number of aryl methyl sites for hydroxylation is 1. The van der Waals surface area contributed by atoms with E-state index >= 15 is 0 Å². The van der Waals surface area contributed by atoms with Crippen LogP contribution < -0.4 is 4.90 Å². The summed E-state index contributed by atoms with van der Waals surface area (Å²) >= 11 is 6.22. The van der Waals surface area contributed by atoms with Crippen molar-refractivity contribution in [1.82, 2.24) is 15.2 Å². The van der Waals surface area contributed by atoms with Gasteiger partial charge in [-0.05, 0) is 25.8 Å². The van der Waals surface area contributed by atoms with E-state index in [0.29, 0.717) is 5.02 Å². The number of piperidine rings is 1. The molecule has 0 saturated carbocycles. The molecule has 1 aromatic carbocycles. The quantitative estimate of drug-likeness (QED) is 0.693. The van der Waals surface area contributed by atoms with Gasteiger partial charge in [0.1, 0.15) is 5.82 Å². The fraction of sp³-hybridized carbons (Fsp3) is 0.429. The molecule has 1 fully saturated rings. The lowest BCUT2D eigenvalue weighted by Crippen LogP contribution is -2.35. The molecule has 8 heteroatoms. The Morgan fingerprint density at radius 2 is 2.32 bits per heavy atom. The van der Waals surface area contributed by atoms with Crippen LogP contribution in [-0.4, -0.2) is 33.2 Å². The topological polar surface area (TPSA) is 87.9 Å². The minimum absolute atomic E-state index is 0.00639. The molecule has 3 rings (SSSR count). The first kappa shape index (κ1) is 14.8. The standard InChI is InChI=1S/C14H16ClN5O2/c1-9-16-14(18-17-9)10-3-2-6-19(8-10)13-5-4-11(20(21)22)7-12(13)15/h4-5,7,10H,2-3,6,8H2,1H3,(H,16,17,18). The van der Waals surface area contributed by atoms with Crippen molar-refractivity contribution in [3.8, 4) is 0 Å². The summed E-state index contributed by atoms with van der Waals surface area (Å²) in [6.07, 6.45) is 2.03. The molecule has 1 aliphatic rings. The average molecular weight is 322 g/mol. The molecule has 0 aliphatic carbocycles. The molecule has 1 atom stereocenters. The van der Waals surface area contributed by atoms with Crippen LogP contribution in [0.1, 0.15) is 30.4 Å². The van der Waals surface area contributed by atoms with Crippen LogP contribution in [-0.2, 0) is 0 Å². The molecule has 1 aliphatic heterocycles. The zero-order valence-electron chi connectivity index (χ0n) is 12.1. The van der Waals surface area contributed by atoms with Crippen molar-refractivity contribution in [2.75, 3.05) is 18.0 Å². The molecule has 0 bridgehead atoms. The first-order valence-electron chi connectivity index (χ1n) is 7.12. The Hall–Kier alpha value is -2.15. The number of benzene rings is 1. The fourth-order valence-electron chi connectivity index (χ4n) is 2.82. The third-order valence-electron chi connectivity index (χ3n) is 3.88. The molecule has 1 N–H and O–H groups in total. The zero-order valence-corrected chi connectivity index (χ0v) is 12.9.